The minimum absolute atomic E-state index is 0.166. The van der Waals surface area contributed by atoms with Crippen molar-refractivity contribution in [3.8, 4) is 0 Å². The van der Waals surface area contributed by atoms with Crippen molar-refractivity contribution in [2.75, 3.05) is 0 Å². The van der Waals surface area contributed by atoms with Gasteiger partial charge in [0.2, 0.25) is 5.78 Å². The lowest BCUT2D eigenvalue weighted by molar-refractivity contribution is 0.103. The van der Waals surface area contributed by atoms with Gasteiger partial charge in [-0.25, -0.2) is 13.8 Å². The van der Waals surface area contributed by atoms with Gasteiger partial charge in [-0.15, -0.1) is 0 Å². The summed E-state index contributed by atoms with van der Waals surface area (Å²) in [5.74, 6) is -2.56. The van der Waals surface area contributed by atoms with E-state index in [0.717, 1.165) is 12.1 Å². The average Bonchev–Trinajstić information content (AvgIpc) is 2.80. The Labute approximate surface area is 134 Å². The Morgan fingerprint density at radius 2 is 1.76 bits per heavy atom. The number of H-pyrrole nitrogens is 1. The Hall–Kier alpha value is -1.60. The van der Waals surface area contributed by atoms with E-state index in [4.69, 9.17) is 0 Å². The van der Waals surface area contributed by atoms with E-state index in [9.17, 15) is 13.6 Å². The number of ketones is 1. The van der Waals surface area contributed by atoms with Crippen molar-refractivity contribution in [2.45, 2.75) is 0 Å². The molecule has 0 amide bonds. The fourth-order valence-corrected chi connectivity index (χ4v) is 2.79. The average molecular weight is 416 g/mol. The molecule has 1 aromatic carbocycles. The van der Waals surface area contributed by atoms with Crippen molar-refractivity contribution in [3.05, 3.63) is 62.3 Å². The zero-order chi connectivity index (χ0) is 15.1. The number of fused-ring (bicyclic) bond motifs is 1. The predicted molar refractivity (Wildman–Crippen MR) is 81.3 cm³/mol. The lowest BCUT2D eigenvalue weighted by Crippen LogP contribution is -2.07. The Bertz CT molecular complexity index is 854. The first-order valence-corrected chi connectivity index (χ1v) is 7.38. The van der Waals surface area contributed by atoms with Crippen LogP contribution < -0.4 is 0 Å². The molecule has 3 nitrogen and oxygen atoms in total. The SMILES string of the molecule is O=C(c1c(F)cc(Br)cc1F)c1c[nH]c2ncc(Br)cc12. The van der Waals surface area contributed by atoms with Gasteiger partial charge in [0.05, 0.1) is 5.56 Å². The molecule has 0 aliphatic carbocycles. The number of rotatable bonds is 2. The molecule has 0 saturated heterocycles. The number of nitrogens with zero attached hydrogens (tertiary/aromatic N) is 1. The summed E-state index contributed by atoms with van der Waals surface area (Å²) < 4.78 is 28.7. The summed E-state index contributed by atoms with van der Waals surface area (Å²) in [5, 5.41) is 0.496. The van der Waals surface area contributed by atoms with E-state index in [-0.39, 0.29) is 10.0 Å². The Kier molecular flexibility index (Phi) is 3.62. The minimum Gasteiger partial charge on any atom is -0.345 e. The maximum Gasteiger partial charge on any atom is 0.201 e. The van der Waals surface area contributed by atoms with E-state index in [1.807, 2.05) is 0 Å². The van der Waals surface area contributed by atoms with E-state index in [0.29, 0.717) is 15.5 Å². The van der Waals surface area contributed by atoms with Crippen molar-refractivity contribution < 1.29 is 13.6 Å². The van der Waals surface area contributed by atoms with Gasteiger partial charge in [0, 0.05) is 32.3 Å². The quantitative estimate of drug-likeness (QED) is 0.622. The van der Waals surface area contributed by atoms with Crippen LogP contribution in [0.25, 0.3) is 11.0 Å². The maximum absolute atomic E-state index is 13.9. The lowest BCUT2D eigenvalue weighted by atomic mass is 10.0. The van der Waals surface area contributed by atoms with Crippen LogP contribution in [-0.4, -0.2) is 15.8 Å². The van der Waals surface area contributed by atoms with Gasteiger partial charge < -0.3 is 4.98 Å². The van der Waals surface area contributed by atoms with Crippen LogP contribution in [0.2, 0.25) is 0 Å². The Balaban J connectivity index is 2.20. The molecule has 106 valence electrons. The summed E-state index contributed by atoms with van der Waals surface area (Å²) >= 11 is 6.23. The first-order chi connectivity index (χ1) is 9.97. The molecule has 0 bridgehead atoms. The summed E-state index contributed by atoms with van der Waals surface area (Å²) in [4.78, 5) is 19.3. The van der Waals surface area contributed by atoms with Gasteiger partial charge in [0.15, 0.2) is 0 Å². The highest BCUT2D eigenvalue weighted by Crippen LogP contribution is 2.26. The van der Waals surface area contributed by atoms with Crippen molar-refractivity contribution in [1.82, 2.24) is 9.97 Å². The second-order valence-corrected chi connectivity index (χ2v) is 6.16. The smallest absolute Gasteiger partial charge is 0.201 e. The molecule has 1 N–H and O–H groups in total. The van der Waals surface area contributed by atoms with Crippen molar-refractivity contribution in [1.29, 1.82) is 0 Å². The van der Waals surface area contributed by atoms with E-state index in [1.165, 1.54) is 6.20 Å². The molecule has 0 spiro atoms. The molecule has 0 saturated carbocycles. The molecule has 2 aromatic heterocycles. The molecule has 0 fully saturated rings. The third-order valence-electron chi connectivity index (χ3n) is 2.98. The molecule has 3 rings (SSSR count). The van der Waals surface area contributed by atoms with Gasteiger partial charge in [0.1, 0.15) is 17.3 Å². The van der Waals surface area contributed by atoms with Gasteiger partial charge in [-0.1, -0.05) is 15.9 Å². The third kappa shape index (κ3) is 2.51. The number of halogens is 4. The monoisotopic (exact) mass is 414 g/mol. The summed E-state index contributed by atoms with van der Waals surface area (Å²) in [7, 11) is 0. The third-order valence-corrected chi connectivity index (χ3v) is 3.87. The molecule has 3 aromatic rings. The number of nitrogens with one attached hydrogen (secondary N) is 1. The number of benzene rings is 1. The Morgan fingerprint density at radius 3 is 2.43 bits per heavy atom. The summed E-state index contributed by atoms with van der Waals surface area (Å²) in [5.41, 5.74) is 0.0532. The number of pyridine rings is 1. The van der Waals surface area contributed by atoms with E-state index >= 15 is 0 Å². The molecule has 0 aliphatic heterocycles. The number of carbonyl (C=O) groups excluding carboxylic acids is 1. The molecule has 0 atom stereocenters. The molecular formula is C14H6Br2F2N2O. The van der Waals surface area contributed by atoms with Gasteiger partial charge in [-0.2, -0.15) is 0 Å². The zero-order valence-electron chi connectivity index (χ0n) is 10.3. The molecule has 21 heavy (non-hydrogen) atoms. The van der Waals surface area contributed by atoms with Crippen LogP contribution in [0.15, 0.2) is 39.5 Å². The first kappa shape index (κ1) is 14.3. The van der Waals surface area contributed by atoms with Crippen LogP contribution in [0.4, 0.5) is 8.78 Å². The van der Waals surface area contributed by atoms with Crippen LogP contribution in [0, 0.1) is 11.6 Å². The largest absolute Gasteiger partial charge is 0.345 e. The Morgan fingerprint density at radius 1 is 1.10 bits per heavy atom. The highest BCUT2D eigenvalue weighted by atomic mass is 79.9. The molecular weight excluding hydrogens is 410 g/mol. The van der Waals surface area contributed by atoms with Crippen molar-refractivity contribution in [3.63, 3.8) is 0 Å². The number of hydrogen-bond acceptors (Lipinski definition) is 2. The molecule has 0 radical (unpaired) electrons. The molecule has 0 aliphatic rings. The van der Waals surface area contributed by atoms with Gasteiger partial charge >= 0.3 is 0 Å². The van der Waals surface area contributed by atoms with Gasteiger partial charge in [0.25, 0.3) is 0 Å². The van der Waals surface area contributed by atoms with Gasteiger partial charge in [-0.05, 0) is 34.1 Å². The number of hydrogen-bond donors (Lipinski definition) is 1. The number of aromatic amines is 1. The van der Waals surface area contributed by atoms with Crippen LogP contribution in [0.5, 0.6) is 0 Å². The molecule has 0 unspecified atom stereocenters. The fraction of sp³-hybridized carbons (Fsp3) is 0. The number of aromatic nitrogens is 2. The first-order valence-electron chi connectivity index (χ1n) is 5.79. The van der Waals surface area contributed by atoms with Crippen molar-refractivity contribution >= 4 is 48.7 Å². The van der Waals surface area contributed by atoms with E-state index in [1.54, 1.807) is 12.3 Å². The van der Waals surface area contributed by atoms with E-state index < -0.39 is 23.0 Å². The summed E-state index contributed by atoms with van der Waals surface area (Å²) in [6, 6.07) is 3.78. The second-order valence-electron chi connectivity index (χ2n) is 4.33. The topological polar surface area (TPSA) is 45.8 Å². The number of carbonyl (C=O) groups is 1. The van der Waals surface area contributed by atoms with Crippen LogP contribution >= 0.6 is 31.9 Å². The van der Waals surface area contributed by atoms with Crippen LogP contribution in [0.1, 0.15) is 15.9 Å². The normalized spacial score (nSPS) is 11.0. The fourth-order valence-electron chi connectivity index (χ4n) is 2.06. The maximum atomic E-state index is 13.9. The van der Waals surface area contributed by atoms with E-state index in [2.05, 4.69) is 41.8 Å². The standard InChI is InChI=1S/C14H6Br2F2N2O/c15-6-2-10(17)12(11(18)3-6)13(21)9-5-20-14-8(9)1-7(16)4-19-14/h1-5H,(H,19,20). The minimum atomic E-state index is -0.913. The highest BCUT2D eigenvalue weighted by molar-refractivity contribution is 9.10. The van der Waals surface area contributed by atoms with Crippen LogP contribution in [0.3, 0.4) is 0 Å². The summed E-state index contributed by atoms with van der Waals surface area (Å²) in [6.45, 7) is 0. The van der Waals surface area contributed by atoms with Gasteiger partial charge in [-0.3, -0.25) is 4.79 Å². The highest BCUT2D eigenvalue weighted by Gasteiger charge is 2.22. The molecule has 7 heteroatoms. The lowest BCUT2D eigenvalue weighted by Gasteiger charge is -2.04. The van der Waals surface area contributed by atoms with Crippen molar-refractivity contribution in [2.24, 2.45) is 0 Å². The van der Waals surface area contributed by atoms with Crippen LogP contribution in [-0.2, 0) is 0 Å². The summed E-state index contributed by atoms with van der Waals surface area (Å²) in [6.07, 6.45) is 2.96. The molecule has 2 heterocycles. The predicted octanol–water partition coefficient (Wildman–Crippen LogP) is 4.60. The second kappa shape index (κ2) is 5.31. The zero-order valence-corrected chi connectivity index (χ0v) is 13.4.